The molecule has 15 heteroatoms. The topological polar surface area (TPSA) is 183 Å². The van der Waals surface area contributed by atoms with Crippen LogP contribution in [0, 0.1) is 17.7 Å². The zero-order valence-corrected chi connectivity index (χ0v) is 35.5. The van der Waals surface area contributed by atoms with Gasteiger partial charge in [-0.25, -0.2) is 19.2 Å². The maximum atomic E-state index is 17.0. The summed E-state index contributed by atoms with van der Waals surface area (Å²) in [5.41, 5.74) is 11.5. The third kappa shape index (κ3) is 7.70. The molecule has 6 heterocycles. The standard InChI is InChI=1S/C45H60FN9O5/c1-7-8-13-36-55-32-17-15-26(30-22-48-42(50-30)34-12-10-19-54(34)44(57)39(25(4)5)52-45(58)59-6)20-29(32)37(46)40(55)28-16-14-27(21-35(28)60-36)31-23-49-41(51-31)33-11-9-18-53(33)43(56)38(47)24(2)3/h14-17,20-25,33-34,36,38-39,43-44,56-57H,7-13,18-19,47H2,1-6H3,(H,48,50)(H,49,51)(H,52,58). The van der Waals surface area contributed by atoms with Gasteiger partial charge in [0.05, 0.1) is 60.2 Å². The molecule has 2 fully saturated rings. The second-order valence-electron chi connectivity index (χ2n) is 17.4. The number of aromatic nitrogens is 5. The number of alkyl carbamates (subject to hydrolysis) is 1. The molecule has 8 rings (SSSR count). The zero-order chi connectivity index (χ0) is 42.4. The number of nitrogens with two attached hydrogens (primary N) is 1. The molecule has 0 radical (unpaired) electrons. The summed E-state index contributed by atoms with van der Waals surface area (Å²) in [5.74, 6) is 1.89. The van der Waals surface area contributed by atoms with E-state index in [1.165, 1.54) is 7.11 Å². The quantitative estimate of drug-likeness (QED) is 0.0653. The molecule has 7 atom stereocenters. The average molecular weight is 826 g/mol. The van der Waals surface area contributed by atoms with Gasteiger partial charge in [0.25, 0.3) is 0 Å². The van der Waals surface area contributed by atoms with Crippen LogP contribution in [0.15, 0.2) is 48.8 Å². The number of ether oxygens (including phenoxy) is 2. The lowest BCUT2D eigenvalue weighted by Crippen LogP contribution is -2.54. The minimum atomic E-state index is -0.945. The summed E-state index contributed by atoms with van der Waals surface area (Å²) >= 11 is 0. The van der Waals surface area contributed by atoms with Crippen molar-refractivity contribution in [2.24, 2.45) is 17.6 Å². The Morgan fingerprint density at radius 3 is 2.17 bits per heavy atom. The van der Waals surface area contributed by atoms with Crippen molar-refractivity contribution in [2.75, 3.05) is 20.2 Å². The molecule has 2 aromatic carbocycles. The number of nitrogens with one attached hydrogen (secondary N) is 3. The molecule has 0 bridgehead atoms. The third-order valence-corrected chi connectivity index (χ3v) is 12.9. The summed E-state index contributed by atoms with van der Waals surface area (Å²) in [4.78, 5) is 32.6. The third-order valence-electron chi connectivity index (χ3n) is 12.9. The molecule has 0 aliphatic carbocycles. The number of carbonyl (C=O) groups is 1. The van der Waals surface area contributed by atoms with Crippen LogP contribution in [-0.2, 0) is 4.74 Å². The molecule has 14 nitrogen and oxygen atoms in total. The van der Waals surface area contributed by atoms with Crippen LogP contribution in [-0.4, -0.2) is 95.3 Å². The first-order valence-electron chi connectivity index (χ1n) is 21.6. The van der Waals surface area contributed by atoms with E-state index < -0.39 is 30.8 Å². The van der Waals surface area contributed by atoms with Gasteiger partial charge in [-0.15, -0.1) is 0 Å². The summed E-state index contributed by atoms with van der Waals surface area (Å²) in [6, 6.07) is 10.5. The number of likely N-dealkylation sites (tertiary alicyclic amines) is 2. The Bertz CT molecular complexity index is 2300. The predicted molar refractivity (Wildman–Crippen MR) is 228 cm³/mol. The Morgan fingerprint density at radius 2 is 1.57 bits per heavy atom. The van der Waals surface area contributed by atoms with Crippen molar-refractivity contribution >= 4 is 17.0 Å². The van der Waals surface area contributed by atoms with E-state index in [-0.39, 0.29) is 35.8 Å². The molecule has 7 N–H and O–H groups in total. The number of aromatic amines is 2. The first-order chi connectivity index (χ1) is 28.9. The molecular weight excluding hydrogens is 766 g/mol. The number of fused-ring (bicyclic) bond motifs is 5. The van der Waals surface area contributed by atoms with E-state index in [0.29, 0.717) is 41.2 Å². The van der Waals surface area contributed by atoms with Gasteiger partial charge in [0.15, 0.2) is 12.0 Å². The van der Waals surface area contributed by atoms with Gasteiger partial charge in [-0.1, -0.05) is 53.2 Å². The molecule has 5 aromatic rings. The molecule has 322 valence electrons. The van der Waals surface area contributed by atoms with Gasteiger partial charge in [-0.2, -0.15) is 0 Å². The number of rotatable bonds is 14. The number of hydrogen-bond donors (Lipinski definition) is 6. The molecule has 3 aliphatic rings. The van der Waals surface area contributed by atoms with Crippen LogP contribution < -0.4 is 15.8 Å². The number of aliphatic hydroxyl groups is 2. The van der Waals surface area contributed by atoms with E-state index >= 15 is 4.39 Å². The zero-order valence-electron chi connectivity index (χ0n) is 35.5. The Morgan fingerprint density at radius 1 is 0.950 bits per heavy atom. The van der Waals surface area contributed by atoms with Crippen molar-refractivity contribution in [3.8, 4) is 39.5 Å². The minimum absolute atomic E-state index is 0.0440. The second-order valence-corrected chi connectivity index (χ2v) is 17.4. The predicted octanol–water partition coefficient (Wildman–Crippen LogP) is 7.58. The lowest BCUT2D eigenvalue weighted by molar-refractivity contribution is -0.0440. The Kier molecular flexibility index (Phi) is 12.1. The van der Waals surface area contributed by atoms with Crippen molar-refractivity contribution in [3.63, 3.8) is 0 Å². The lowest BCUT2D eigenvalue weighted by Gasteiger charge is -2.35. The van der Waals surface area contributed by atoms with Crippen molar-refractivity contribution in [2.45, 2.75) is 122 Å². The highest BCUT2D eigenvalue weighted by Crippen LogP contribution is 2.47. The number of methoxy groups -OCH3 is 1. The molecule has 2 saturated heterocycles. The highest BCUT2D eigenvalue weighted by atomic mass is 19.1. The van der Waals surface area contributed by atoms with Crippen LogP contribution in [0.4, 0.5) is 9.18 Å². The number of amides is 1. The molecule has 0 saturated carbocycles. The number of unbranched alkanes of at least 4 members (excludes halogenated alkanes) is 1. The second kappa shape index (κ2) is 17.3. The fourth-order valence-corrected chi connectivity index (χ4v) is 9.40. The molecule has 1 amide bonds. The van der Waals surface area contributed by atoms with Gasteiger partial charge in [0.2, 0.25) is 0 Å². The maximum Gasteiger partial charge on any atom is 0.407 e. The molecular formula is C45H60FN9O5. The summed E-state index contributed by atoms with van der Waals surface area (Å²) in [7, 11) is 1.31. The van der Waals surface area contributed by atoms with Crippen LogP contribution in [0.5, 0.6) is 5.75 Å². The summed E-state index contributed by atoms with van der Waals surface area (Å²) in [6.07, 6.45) is 6.93. The fraction of sp³-hybridized carbons (Fsp3) is 0.533. The first-order valence-corrected chi connectivity index (χ1v) is 21.6. The largest absolute Gasteiger partial charge is 0.469 e. The molecule has 3 aromatic heterocycles. The van der Waals surface area contributed by atoms with Crippen LogP contribution in [0.25, 0.3) is 44.7 Å². The van der Waals surface area contributed by atoms with Gasteiger partial charge >= 0.3 is 6.09 Å². The highest BCUT2D eigenvalue weighted by molar-refractivity contribution is 5.93. The number of halogens is 1. The lowest BCUT2D eigenvalue weighted by atomic mass is 10.0. The van der Waals surface area contributed by atoms with E-state index in [9.17, 15) is 15.0 Å². The van der Waals surface area contributed by atoms with E-state index in [1.54, 1.807) is 6.20 Å². The summed E-state index contributed by atoms with van der Waals surface area (Å²) in [5, 5.41) is 25.8. The van der Waals surface area contributed by atoms with Gasteiger partial charge in [-0.3, -0.25) is 9.80 Å². The smallest absolute Gasteiger partial charge is 0.407 e. The number of carbonyl (C=O) groups excluding carboxylic acids is 1. The van der Waals surface area contributed by atoms with Crippen LogP contribution in [0.1, 0.15) is 110 Å². The Hall–Kier alpha value is -4.80. The molecule has 0 spiro atoms. The van der Waals surface area contributed by atoms with Crippen molar-refractivity contribution < 1.29 is 28.9 Å². The highest BCUT2D eigenvalue weighted by Gasteiger charge is 2.39. The van der Waals surface area contributed by atoms with Crippen molar-refractivity contribution in [3.05, 3.63) is 66.3 Å². The first kappa shape index (κ1) is 41.9. The number of benzene rings is 2. The maximum absolute atomic E-state index is 17.0. The van der Waals surface area contributed by atoms with E-state index in [4.69, 9.17) is 25.2 Å². The fourth-order valence-electron chi connectivity index (χ4n) is 9.40. The monoisotopic (exact) mass is 825 g/mol. The van der Waals surface area contributed by atoms with Gasteiger partial charge in [0, 0.05) is 47.6 Å². The molecule has 7 unspecified atom stereocenters. The minimum Gasteiger partial charge on any atom is -0.469 e. The molecule has 3 aliphatic heterocycles. The number of hydrogen-bond acceptors (Lipinski definition) is 10. The van der Waals surface area contributed by atoms with Crippen molar-refractivity contribution in [1.82, 2.24) is 39.6 Å². The summed E-state index contributed by atoms with van der Waals surface area (Å²) < 4.78 is 30.6. The van der Waals surface area contributed by atoms with Gasteiger partial charge < -0.3 is 45.3 Å². The molecule has 60 heavy (non-hydrogen) atoms. The number of imidazole rings is 2. The Balaban J connectivity index is 1.08. The summed E-state index contributed by atoms with van der Waals surface area (Å²) in [6.45, 7) is 11.5. The van der Waals surface area contributed by atoms with E-state index in [0.717, 1.165) is 78.9 Å². The van der Waals surface area contributed by atoms with Crippen molar-refractivity contribution in [1.29, 1.82) is 0 Å². The SMILES string of the molecule is CCCCC1Oc2cc(-c3cnc(C4CCCN4C(O)C(N)C(C)C)[nH]3)ccc2-c2c(F)c3cc(-c4cnc(C5CCCN5C(O)C(NC(=O)OC)C(C)C)[nH]4)ccc3n21. The normalized spacial score (nSPS) is 21.6. The van der Waals surface area contributed by atoms with Crippen LogP contribution in [0.3, 0.4) is 0 Å². The number of H-pyrrole nitrogens is 2. The van der Waals surface area contributed by atoms with Crippen LogP contribution >= 0.6 is 0 Å². The van der Waals surface area contributed by atoms with E-state index in [1.807, 2.05) is 84.7 Å². The van der Waals surface area contributed by atoms with E-state index in [2.05, 4.69) is 22.2 Å². The average Bonchev–Trinajstić information content (AvgIpc) is 4.10. The Labute approximate surface area is 350 Å². The number of aliphatic hydroxyl groups excluding tert-OH is 2. The van der Waals surface area contributed by atoms with Gasteiger partial charge in [0.1, 0.15) is 29.9 Å². The van der Waals surface area contributed by atoms with Gasteiger partial charge in [-0.05, 0) is 68.2 Å². The van der Waals surface area contributed by atoms with Crippen LogP contribution in [0.2, 0.25) is 0 Å². The number of nitrogens with zero attached hydrogens (tertiary/aromatic N) is 5.